The smallest absolute Gasteiger partial charge is 0.317 e. The predicted molar refractivity (Wildman–Crippen MR) is 75.5 cm³/mol. The minimum absolute atomic E-state index is 0.0718. The molecule has 0 saturated carbocycles. The molecule has 1 saturated heterocycles. The van der Waals surface area contributed by atoms with Crippen LogP contribution in [0.4, 0.5) is 4.79 Å². The van der Waals surface area contributed by atoms with E-state index in [-0.39, 0.29) is 6.03 Å². The zero-order valence-corrected chi connectivity index (χ0v) is 11.5. The van der Waals surface area contributed by atoms with Crippen LogP contribution in [0.2, 0.25) is 0 Å². The van der Waals surface area contributed by atoms with Crippen LogP contribution in [0, 0.1) is 0 Å². The maximum atomic E-state index is 11.9. The molecule has 1 aromatic carbocycles. The number of likely N-dealkylation sites (tertiary alicyclic amines) is 1. The van der Waals surface area contributed by atoms with Gasteiger partial charge in [-0.15, -0.1) is 0 Å². The highest BCUT2D eigenvalue weighted by atomic mass is 16.5. The van der Waals surface area contributed by atoms with Crippen molar-refractivity contribution in [1.29, 1.82) is 0 Å². The van der Waals surface area contributed by atoms with Crippen LogP contribution in [0.15, 0.2) is 24.3 Å². The van der Waals surface area contributed by atoms with Crippen LogP contribution in [0.3, 0.4) is 0 Å². The van der Waals surface area contributed by atoms with E-state index in [9.17, 15) is 4.79 Å². The number of methoxy groups -OCH3 is 1. The number of nitrogens with one attached hydrogen (secondary N) is 1. The van der Waals surface area contributed by atoms with Gasteiger partial charge in [-0.3, -0.25) is 0 Å². The molecule has 0 atom stereocenters. The Morgan fingerprint density at radius 2 is 2.11 bits per heavy atom. The number of ether oxygens (including phenoxy) is 1. The van der Waals surface area contributed by atoms with Crippen molar-refractivity contribution in [3.05, 3.63) is 29.8 Å². The molecule has 2 rings (SSSR count). The minimum Gasteiger partial charge on any atom is -0.497 e. The Hall–Kier alpha value is -1.71. The van der Waals surface area contributed by atoms with E-state index in [0.29, 0.717) is 6.54 Å². The van der Waals surface area contributed by atoms with Crippen molar-refractivity contribution in [3.8, 4) is 5.75 Å². The van der Waals surface area contributed by atoms with Crippen LogP contribution >= 0.6 is 0 Å². The summed E-state index contributed by atoms with van der Waals surface area (Å²) >= 11 is 0. The number of hydrogen-bond acceptors (Lipinski definition) is 2. The molecule has 0 radical (unpaired) electrons. The second-order valence-electron chi connectivity index (χ2n) is 4.88. The van der Waals surface area contributed by atoms with Crippen LogP contribution in [-0.4, -0.2) is 37.7 Å². The molecule has 1 aromatic rings. The molecule has 2 amide bonds. The molecular weight excluding hydrogens is 240 g/mol. The Bertz CT molecular complexity index is 414. The van der Waals surface area contributed by atoms with Crippen molar-refractivity contribution in [1.82, 2.24) is 10.2 Å². The fourth-order valence-corrected chi connectivity index (χ4v) is 2.35. The summed E-state index contributed by atoms with van der Waals surface area (Å²) in [6.07, 6.45) is 4.33. The predicted octanol–water partition coefficient (Wildman–Crippen LogP) is 2.43. The van der Waals surface area contributed by atoms with Gasteiger partial charge in [-0.25, -0.2) is 4.79 Å². The van der Waals surface area contributed by atoms with Crippen LogP contribution in [0.1, 0.15) is 24.8 Å². The first-order valence-corrected chi connectivity index (χ1v) is 6.95. The monoisotopic (exact) mass is 262 g/mol. The summed E-state index contributed by atoms with van der Waals surface area (Å²) in [7, 11) is 1.66. The van der Waals surface area contributed by atoms with E-state index in [0.717, 1.165) is 38.1 Å². The molecule has 1 aliphatic rings. The number of nitrogens with zero attached hydrogens (tertiary/aromatic N) is 1. The zero-order valence-electron chi connectivity index (χ0n) is 11.5. The third-order valence-electron chi connectivity index (χ3n) is 3.47. The Kier molecular flexibility index (Phi) is 5.07. The maximum Gasteiger partial charge on any atom is 0.317 e. The van der Waals surface area contributed by atoms with Gasteiger partial charge in [-0.1, -0.05) is 12.1 Å². The average Bonchev–Trinajstić information content (AvgIpc) is 2.48. The van der Waals surface area contributed by atoms with Crippen LogP contribution in [0.5, 0.6) is 5.75 Å². The van der Waals surface area contributed by atoms with Gasteiger partial charge in [0.25, 0.3) is 0 Å². The minimum atomic E-state index is 0.0718. The van der Waals surface area contributed by atoms with Gasteiger partial charge in [0, 0.05) is 19.6 Å². The number of carbonyl (C=O) groups is 1. The molecule has 4 nitrogen and oxygen atoms in total. The van der Waals surface area contributed by atoms with Gasteiger partial charge in [0.05, 0.1) is 7.11 Å². The van der Waals surface area contributed by atoms with E-state index in [4.69, 9.17) is 4.74 Å². The number of amides is 2. The first kappa shape index (κ1) is 13.7. The second-order valence-corrected chi connectivity index (χ2v) is 4.88. The van der Waals surface area contributed by atoms with Crippen molar-refractivity contribution in [2.45, 2.75) is 25.7 Å². The summed E-state index contributed by atoms with van der Waals surface area (Å²) in [4.78, 5) is 13.8. The van der Waals surface area contributed by atoms with Gasteiger partial charge in [0.1, 0.15) is 5.75 Å². The highest BCUT2D eigenvalue weighted by molar-refractivity contribution is 5.74. The molecule has 0 spiro atoms. The Morgan fingerprint density at radius 3 is 2.84 bits per heavy atom. The lowest BCUT2D eigenvalue weighted by molar-refractivity contribution is 0.186. The summed E-state index contributed by atoms with van der Waals surface area (Å²) in [5.74, 6) is 0.861. The quantitative estimate of drug-likeness (QED) is 0.905. The summed E-state index contributed by atoms with van der Waals surface area (Å²) < 4.78 is 5.18. The number of urea groups is 1. The van der Waals surface area contributed by atoms with Gasteiger partial charge in [0.2, 0.25) is 0 Å². The highest BCUT2D eigenvalue weighted by Crippen LogP contribution is 2.12. The first-order chi connectivity index (χ1) is 9.29. The van der Waals surface area contributed by atoms with Crippen LogP contribution < -0.4 is 10.1 Å². The number of hydrogen-bond donors (Lipinski definition) is 1. The van der Waals surface area contributed by atoms with Crippen LogP contribution in [-0.2, 0) is 6.42 Å². The van der Waals surface area contributed by atoms with Crippen molar-refractivity contribution >= 4 is 6.03 Å². The normalized spacial score (nSPS) is 15.1. The summed E-state index contributed by atoms with van der Waals surface area (Å²) in [6.45, 7) is 2.46. The van der Waals surface area contributed by atoms with Crippen molar-refractivity contribution in [3.63, 3.8) is 0 Å². The molecule has 0 bridgehead atoms. The standard InChI is InChI=1S/C15H22N2O2/c1-19-14-7-5-6-13(12-14)8-9-16-15(18)17-10-3-2-4-11-17/h5-7,12H,2-4,8-11H2,1H3,(H,16,18). The van der Waals surface area contributed by atoms with E-state index in [2.05, 4.69) is 11.4 Å². The Balaban J connectivity index is 1.74. The van der Waals surface area contributed by atoms with E-state index in [1.54, 1.807) is 7.11 Å². The molecular formula is C15H22N2O2. The lowest BCUT2D eigenvalue weighted by atomic mass is 10.1. The van der Waals surface area contributed by atoms with Gasteiger partial charge in [-0.05, 0) is 43.4 Å². The third-order valence-corrected chi connectivity index (χ3v) is 3.47. The molecule has 1 N–H and O–H groups in total. The maximum absolute atomic E-state index is 11.9. The molecule has 19 heavy (non-hydrogen) atoms. The van der Waals surface area contributed by atoms with E-state index >= 15 is 0 Å². The van der Waals surface area contributed by atoms with Gasteiger partial charge in [0.15, 0.2) is 0 Å². The summed E-state index contributed by atoms with van der Waals surface area (Å²) in [5, 5.41) is 2.98. The number of rotatable bonds is 4. The lowest BCUT2D eigenvalue weighted by Crippen LogP contribution is -2.43. The number of carbonyl (C=O) groups excluding carboxylic acids is 1. The van der Waals surface area contributed by atoms with E-state index in [1.807, 2.05) is 23.1 Å². The van der Waals surface area contributed by atoms with Gasteiger partial charge >= 0.3 is 6.03 Å². The zero-order chi connectivity index (χ0) is 13.5. The SMILES string of the molecule is COc1cccc(CCNC(=O)N2CCCCC2)c1. The molecule has 1 aliphatic heterocycles. The number of benzene rings is 1. The van der Waals surface area contributed by atoms with Crippen molar-refractivity contribution < 1.29 is 9.53 Å². The molecule has 0 aromatic heterocycles. The first-order valence-electron chi connectivity index (χ1n) is 6.95. The summed E-state index contributed by atoms with van der Waals surface area (Å²) in [6, 6.07) is 8.03. The molecule has 104 valence electrons. The van der Waals surface area contributed by atoms with E-state index in [1.165, 1.54) is 12.0 Å². The molecule has 4 heteroatoms. The largest absolute Gasteiger partial charge is 0.497 e. The molecule has 1 heterocycles. The Morgan fingerprint density at radius 1 is 1.32 bits per heavy atom. The van der Waals surface area contributed by atoms with Gasteiger partial charge < -0.3 is 15.0 Å². The Labute approximate surface area is 114 Å². The number of piperidine rings is 1. The van der Waals surface area contributed by atoms with Crippen molar-refractivity contribution in [2.75, 3.05) is 26.7 Å². The topological polar surface area (TPSA) is 41.6 Å². The molecule has 1 fully saturated rings. The molecule has 0 unspecified atom stereocenters. The van der Waals surface area contributed by atoms with Gasteiger partial charge in [-0.2, -0.15) is 0 Å². The second kappa shape index (κ2) is 7.02. The third kappa shape index (κ3) is 4.16. The van der Waals surface area contributed by atoms with Crippen LogP contribution in [0.25, 0.3) is 0 Å². The highest BCUT2D eigenvalue weighted by Gasteiger charge is 2.15. The van der Waals surface area contributed by atoms with E-state index < -0.39 is 0 Å². The fourth-order valence-electron chi connectivity index (χ4n) is 2.35. The van der Waals surface area contributed by atoms with Crippen molar-refractivity contribution in [2.24, 2.45) is 0 Å². The molecule has 0 aliphatic carbocycles. The summed E-state index contributed by atoms with van der Waals surface area (Å²) in [5.41, 5.74) is 1.18. The fraction of sp³-hybridized carbons (Fsp3) is 0.533. The lowest BCUT2D eigenvalue weighted by Gasteiger charge is -2.26. The average molecular weight is 262 g/mol.